The maximum absolute atomic E-state index is 12.7. The second-order valence-corrected chi connectivity index (χ2v) is 17.0. The third-order valence-electron chi connectivity index (χ3n) is 10.1. The van der Waals surface area contributed by atoms with Crippen LogP contribution in [0.2, 0.25) is 0 Å². The number of carboxylic acid groups (broad SMARTS) is 1. The highest BCUT2D eigenvalue weighted by Gasteiger charge is 2.25. The van der Waals surface area contributed by atoms with Gasteiger partial charge in [0.05, 0.1) is 34.4 Å². The number of hydrogen-bond acceptors (Lipinski definition) is 7. The molecule has 9 nitrogen and oxygen atoms in total. The Bertz CT molecular complexity index is 1110. The third kappa shape index (κ3) is 43.2. The summed E-state index contributed by atoms with van der Waals surface area (Å²) in [6.45, 7) is 4.68. The lowest BCUT2D eigenvalue weighted by Gasteiger charge is -2.25. The van der Waals surface area contributed by atoms with Crippen molar-refractivity contribution in [2.75, 3.05) is 47.5 Å². The Morgan fingerprint density at radius 2 is 0.966 bits per heavy atom. The van der Waals surface area contributed by atoms with Gasteiger partial charge < -0.3 is 28.5 Å². The number of ether oxygens (including phenoxy) is 4. The van der Waals surface area contributed by atoms with Crippen LogP contribution in [0.15, 0.2) is 48.6 Å². The molecular weight excluding hydrogens is 743 g/mol. The molecule has 0 saturated carbocycles. The van der Waals surface area contributed by atoms with Crippen LogP contribution in [-0.4, -0.2) is 87.4 Å². The first-order valence-electron chi connectivity index (χ1n) is 23.8. The van der Waals surface area contributed by atoms with Gasteiger partial charge in [-0.1, -0.05) is 191 Å². The Hall–Kier alpha value is -2.75. The molecule has 0 aliphatic rings. The van der Waals surface area contributed by atoms with Crippen LogP contribution < -0.4 is 0 Å². The van der Waals surface area contributed by atoms with Crippen LogP contribution in [0.5, 0.6) is 0 Å². The first-order chi connectivity index (χ1) is 28.6. The molecule has 0 bridgehead atoms. The smallest absolute Gasteiger partial charge is 0.361 e. The van der Waals surface area contributed by atoms with E-state index in [1.165, 1.54) is 116 Å². The van der Waals surface area contributed by atoms with Gasteiger partial charge in [-0.15, -0.1) is 0 Å². The number of carboxylic acids is 1. The van der Waals surface area contributed by atoms with Gasteiger partial charge in [0.25, 0.3) is 6.29 Å². The third-order valence-corrected chi connectivity index (χ3v) is 10.1. The molecule has 0 spiro atoms. The number of carbonyl (C=O) groups is 3. The summed E-state index contributed by atoms with van der Waals surface area (Å²) in [7, 11) is 5.93. The zero-order valence-corrected chi connectivity index (χ0v) is 38.7. The van der Waals surface area contributed by atoms with Crippen LogP contribution in [0.25, 0.3) is 0 Å². The van der Waals surface area contributed by atoms with Crippen LogP contribution in [0.3, 0.4) is 0 Å². The van der Waals surface area contributed by atoms with Crippen molar-refractivity contribution < 1.29 is 42.9 Å². The predicted octanol–water partition coefficient (Wildman–Crippen LogP) is 12.8. The number of likely N-dealkylation sites (N-methyl/N-ethyl adjacent to an activating group) is 1. The quantitative estimate of drug-likeness (QED) is 0.0213. The number of allylic oxidation sites excluding steroid dienone is 8. The molecule has 0 saturated heterocycles. The Morgan fingerprint density at radius 3 is 1.41 bits per heavy atom. The number of rotatable bonds is 43. The van der Waals surface area contributed by atoms with E-state index in [2.05, 4.69) is 50.3 Å². The zero-order chi connectivity index (χ0) is 43.5. The molecule has 0 radical (unpaired) electrons. The zero-order valence-electron chi connectivity index (χ0n) is 38.7. The number of unbranched alkanes of at least 4 members (excludes halogenated alkanes) is 20. The molecule has 59 heavy (non-hydrogen) atoms. The molecule has 0 amide bonds. The highest BCUT2D eigenvalue weighted by molar-refractivity contribution is 5.71. The first kappa shape index (κ1) is 56.2. The van der Waals surface area contributed by atoms with Crippen molar-refractivity contribution in [3.05, 3.63) is 48.6 Å². The van der Waals surface area contributed by atoms with Crippen molar-refractivity contribution in [1.29, 1.82) is 0 Å². The maximum atomic E-state index is 12.7. The minimum atomic E-state index is -1.53. The second-order valence-electron chi connectivity index (χ2n) is 17.0. The Labute approximate surface area is 362 Å². The lowest BCUT2D eigenvalue weighted by Crippen LogP contribution is -2.40. The molecule has 9 heteroatoms. The van der Waals surface area contributed by atoms with E-state index in [-0.39, 0.29) is 38.6 Å². The molecule has 2 unspecified atom stereocenters. The van der Waals surface area contributed by atoms with E-state index in [0.717, 1.165) is 44.9 Å². The lowest BCUT2D eigenvalue weighted by atomic mass is 10.0. The Morgan fingerprint density at radius 1 is 0.525 bits per heavy atom. The minimum Gasteiger partial charge on any atom is -0.477 e. The summed E-state index contributed by atoms with van der Waals surface area (Å²) in [6, 6.07) is 0. The highest BCUT2D eigenvalue weighted by atomic mass is 16.7. The number of nitrogens with zero attached hydrogens (tertiary/aromatic N) is 1. The van der Waals surface area contributed by atoms with Crippen LogP contribution in [0, 0.1) is 0 Å². The fourth-order valence-electron chi connectivity index (χ4n) is 6.44. The monoisotopic (exact) mass is 833 g/mol. The molecule has 0 aliphatic carbocycles. The number of quaternary nitrogens is 1. The van der Waals surface area contributed by atoms with Crippen molar-refractivity contribution in [3.63, 3.8) is 0 Å². The van der Waals surface area contributed by atoms with E-state index in [1.807, 2.05) is 33.3 Å². The van der Waals surface area contributed by atoms with Crippen LogP contribution in [-0.2, 0) is 33.3 Å². The van der Waals surface area contributed by atoms with Gasteiger partial charge in [0.15, 0.2) is 6.10 Å². The Kier molecular flexibility index (Phi) is 40.0. The van der Waals surface area contributed by atoms with Gasteiger partial charge in [-0.3, -0.25) is 9.59 Å². The van der Waals surface area contributed by atoms with Crippen molar-refractivity contribution in [2.24, 2.45) is 0 Å². The number of hydrogen-bond donors (Lipinski definition) is 1. The molecule has 0 fully saturated rings. The molecular formula is C50H90NO8+. The molecule has 0 aromatic heterocycles. The number of aliphatic carboxylic acids is 1. The number of esters is 2. The average molecular weight is 833 g/mol. The summed E-state index contributed by atoms with van der Waals surface area (Å²) in [5.41, 5.74) is 0. The van der Waals surface area contributed by atoms with Gasteiger partial charge in [-0.2, -0.15) is 0 Å². The van der Waals surface area contributed by atoms with E-state index in [4.69, 9.17) is 18.9 Å². The van der Waals surface area contributed by atoms with Crippen molar-refractivity contribution in [1.82, 2.24) is 0 Å². The molecule has 0 aromatic carbocycles. The molecule has 2 atom stereocenters. The van der Waals surface area contributed by atoms with E-state index in [0.29, 0.717) is 17.4 Å². The Balaban J connectivity index is 4.37. The van der Waals surface area contributed by atoms with Crippen LogP contribution in [0.1, 0.15) is 194 Å². The molecule has 342 valence electrons. The van der Waals surface area contributed by atoms with Gasteiger partial charge >= 0.3 is 17.9 Å². The largest absolute Gasteiger partial charge is 0.477 e. The molecule has 0 aliphatic heterocycles. The summed E-state index contributed by atoms with van der Waals surface area (Å²) in [5.74, 6) is -2.11. The maximum Gasteiger partial charge on any atom is 0.361 e. The fourth-order valence-corrected chi connectivity index (χ4v) is 6.44. The van der Waals surface area contributed by atoms with E-state index >= 15 is 0 Å². The highest BCUT2D eigenvalue weighted by Crippen LogP contribution is 2.16. The first-order valence-corrected chi connectivity index (χ1v) is 23.8. The van der Waals surface area contributed by atoms with E-state index < -0.39 is 24.3 Å². The van der Waals surface area contributed by atoms with Gasteiger partial charge in [0, 0.05) is 12.8 Å². The predicted molar refractivity (Wildman–Crippen MR) is 244 cm³/mol. The van der Waals surface area contributed by atoms with Gasteiger partial charge in [0.1, 0.15) is 13.2 Å². The number of carbonyl (C=O) groups excluding carboxylic acids is 2. The summed E-state index contributed by atoms with van der Waals surface area (Å²) in [4.78, 5) is 37.1. The van der Waals surface area contributed by atoms with Gasteiger partial charge in [0.2, 0.25) is 0 Å². The molecule has 0 aromatic rings. The summed E-state index contributed by atoms with van der Waals surface area (Å²) in [5, 5.41) is 9.63. The van der Waals surface area contributed by atoms with Crippen LogP contribution >= 0.6 is 0 Å². The lowest BCUT2D eigenvalue weighted by molar-refractivity contribution is -0.870. The fraction of sp³-hybridized carbons (Fsp3) is 0.780. The van der Waals surface area contributed by atoms with E-state index in [1.54, 1.807) is 0 Å². The standard InChI is InChI=1S/C50H89NO8/c1-6-8-10-12-14-16-18-20-21-22-23-24-25-26-27-29-30-32-34-36-38-40-47(52)57-44-46(45-58-50(49(54)55)56-43-42-51(3,4)5)59-48(53)41-39-37-35-33-31-28-19-17-15-13-11-9-7-2/h9,11,15,17,28,31,35,37,46,50H,6-8,10,12-14,16,18-27,29-30,32-34,36,38-45H2,1-5H3/p+1/b11-9-,17-15-,31-28-,37-35-. The van der Waals surface area contributed by atoms with Crippen molar-refractivity contribution in [2.45, 2.75) is 206 Å². The second kappa shape index (κ2) is 42.0. The van der Waals surface area contributed by atoms with Crippen molar-refractivity contribution in [3.8, 4) is 0 Å². The average Bonchev–Trinajstić information content (AvgIpc) is 3.19. The SMILES string of the molecule is CC/C=C\C/C=C\C/C=C\C/C=C\CCC(=O)OC(COC(=O)CCCCCCCCCCCCCCCCCCCCCCC)COC(OCC[N+](C)(C)C)C(=O)O. The van der Waals surface area contributed by atoms with Gasteiger partial charge in [-0.25, -0.2) is 4.79 Å². The summed E-state index contributed by atoms with van der Waals surface area (Å²) < 4.78 is 22.6. The normalized spacial score (nSPS) is 13.3. The molecule has 0 heterocycles. The summed E-state index contributed by atoms with van der Waals surface area (Å²) >= 11 is 0. The minimum absolute atomic E-state index is 0.139. The molecule has 1 N–H and O–H groups in total. The van der Waals surface area contributed by atoms with Crippen molar-refractivity contribution >= 4 is 17.9 Å². The summed E-state index contributed by atoms with van der Waals surface area (Å²) in [6.07, 6.45) is 46.3. The van der Waals surface area contributed by atoms with E-state index in [9.17, 15) is 19.5 Å². The van der Waals surface area contributed by atoms with Gasteiger partial charge in [-0.05, 0) is 38.5 Å². The van der Waals surface area contributed by atoms with Crippen LogP contribution in [0.4, 0.5) is 0 Å². The molecule has 0 rings (SSSR count). The topological polar surface area (TPSA) is 108 Å².